The van der Waals surface area contributed by atoms with E-state index in [0.717, 1.165) is 17.5 Å². The molecule has 0 aliphatic carbocycles. The maximum atomic E-state index is 9.80. The van der Waals surface area contributed by atoms with Crippen molar-refractivity contribution in [2.24, 2.45) is 5.73 Å². The number of pyridine rings is 1. The van der Waals surface area contributed by atoms with Gasteiger partial charge in [-0.25, -0.2) is 4.98 Å². The molecule has 0 fully saturated rings. The minimum absolute atomic E-state index is 0.250. The van der Waals surface area contributed by atoms with Crippen LogP contribution in [0.3, 0.4) is 0 Å². The minimum atomic E-state index is -0.660. The zero-order valence-corrected chi connectivity index (χ0v) is 8.57. The standard InChI is InChI=1S/C10H17N3O/c1-3-8(11)9(14)7-4-6(2)10(12)13-5-7/h4-5,8-9,14H,3,11H2,1-2H3,(H2,12,13). The first-order valence-corrected chi connectivity index (χ1v) is 4.72. The third kappa shape index (κ3) is 2.21. The number of aliphatic hydroxyl groups excluding tert-OH is 1. The zero-order chi connectivity index (χ0) is 10.7. The fraction of sp³-hybridized carbons (Fsp3) is 0.500. The van der Waals surface area contributed by atoms with Gasteiger partial charge in [-0.05, 0) is 25.0 Å². The van der Waals surface area contributed by atoms with E-state index in [-0.39, 0.29) is 6.04 Å². The minimum Gasteiger partial charge on any atom is -0.387 e. The normalized spacial score (nSPS) is 15.1. The summed E-state index contributed by atoms with van der Waals surface area (Å²) in [5, 5.41) is 9.80. The third-order valence-corrected chi connectivity index (χ3v) is 2.36. The van der Waals surface area contributed by atoms with E-state index in [9.17, 15) is 5.11 Å². The Morgan fingerprint density at radius 2 is 2.21 bits per heavy atom. The lowest BCUT2D eigenvalue weighted by Gasteiger charge is -2.17. The van der Waals surface area contributed by atoms with E-state index in [1.165, 1.54) is 0 Å². The molecule has 1 heterocycles. The van der Waals surface area contributed by atoms with Crippen molar-refractivity contribution >= 4 is 5.82 Å². The Bertz CT molecular complexity index is 314. The number of aromatic nitrogens is 1. The molecule has 4 nitrogen and oxygen atoms in total. The lowest BCUT2D eigenvalue weighted by atomic mass is 10.0. The van der Waals surface area contributed by atoms with Crippen molar-refractivity contribution in [3.63, 3.8) is 0 Å². The van der Waals surface area contributed by atoms with Gasteiger partial charge in [-0.2, -0.15) is 0 Å². The van der Waals surface area contributed by atoms with Crippen LogP contribution in [0.4, 0.5) is 5.82 Å². The number of nitrogens with two attached hydrogens (primary N) is 2. The Morgan fingerprint density at radius 1 is 1.57 bits per heavy atom. The molecule has 0 saturated heterocycles. The van der Waals surface area contributed by atoms with E-state index < -0.39 is 6.10 Å². The second-order valence-electron chi connectivity index (χ2n) is 3.49. The maximum Gasteiger partial charge on any atom is 0.126 e. The number of nitrogens with zero attached hydrogens (tertiary/aromatic N) is 1. The Balaban J connectivity index is 2.91. The molecule has 0 aliphatic rings. The van der Waals surface area contributed by atoms with E-state index in [1.54, 1.807) is 6.20 Å². The summed E-state index contributed by atoms with van der Waals surface area (Å²) in [6.07, 6.45) is 1.64. The van der Waals surface area contributed by atoms with Crippen LogP contribution < -0.4 is 11.5 Å². The molecule has 14 heavy (non-hydrogen) atoms. The second kappa shape index (κ2) is 4.39. The fourth-order valence-electron chi connectivity index (χ4n) is 1.24. The van der Waals surface area contributed by atoms with Crippen LogP contribution in [0.1, 0.15) is 30.6 Å². The van der Waals surface area contributed by atoms with Crippen LogP contribution in [0.25, 0.3) is 0 Å². The number of rotatable bonds is 3. The van der Waals surface area contributed by atoms with Gasteiger partial charge in [0.2, 0.25) is 0 Å². The Hall–Kier alpha value is -1.13. The van der Waals surface area contributed by atoms with Gasteiger partial charge in [0.1, 0.15) is 5.82 Å². The fourth-order valence-corrected chi connectivity index (χ4v) is 1.24. The van der Waals surface area contributed by atoms with Crippen LogP contribution in [0.2, 0.25) is 0 Å². The molecule has 1 rings (SSSR count). The van der Waals surface area contributed by atoms with E-state index in [4.69, 9.17) is 11.5 Å². The van der Waals surface area contributed by atoms with Crippen LogP contribution in [-0.2, 0) is 0 Å². The molecular formula is C10H17N3O. The van der Waals surface area contributed by atoms with Crippen LogP contribution in [0.15, 0.2) is 12.3 Å². The molecule has 0 aliphatic heterocycles. The van der Waals surface area contributed by atoms with Gasteiger partial charge in [0.15, 0.2) is 0 Å². The van der Waals surface area contributed by atoms with Gasteiger partial charge in [-0.3, -0.25) is 0 Å². The van der Waals surface area contributed by atoms with Crippen LogP contribution in [0, 0.1) is 6.92 Å². The van der Waals surface area contributed by atoms with Crippen LogP contribution in [0.5, 0.6) is 0 Å². The van der Waals surface area contributed by atoms with Crippen molar-refractivity contribution in [1.82, 2.24) is 4.98 Å². The molecule has 0 amide bonds. The van der Waals surface area contributed by atoms with Gasteiger partial charge in [0.25, 0.3) is 0 Å². The Morgan fingerprint density at radius 3 is 2.71 bits per heavy atom. The highest BCUT2D eigenvalue weighted by Gasteiger charge is 2.15. The van der Waals surface area contributed by atoms with E-state index in [0.29, 0.717) is 5.82 Å². The number of hydrogen-bond donors (Lipinski definition) is 3. The molecule has 2 unspecified atom stereocenters. The first-order valence-electron chi connectivity index (χ1n) is 4.72. The molecule has 0 aromatic carbocycles. The summed E-state index contributed by atoms with van der Waals surface area (Å²) in [5.74, 6) is 0.492. The average Bonchev–Trinajstić information content (AvgIpc) is 2.20. The number of aryl methyl sites for hydroxylation is 1. The van der Waals surface area contributed by atoms with E-state index in [2.05, 4.69) is 4.98 Å². The number of anilines is 1. The highest BCUT2D eigenvalue weighted by atomic mass is 16.3. The molecule has 1 aromatic rings. The monoisotopic (exact) mass is 195 g/mol. The van der Waals surface area contributed by atoms with Crippen molar-refractivity contribution < 1.29 is 5.11 Å². The molecular weight excluding hydrogens is 178 g/mol. The van der Waals surface area contributed by atoms with E-state index >= 15 is 0 Å². The molecule has 2 atom stereocenters. The third-order valence-electron chi connectivity index (χ3n) is 2.36. The Kier molecular flexibility index (Phi) is 3.43. The summed E-state index contributed by atoms with van der Waals surface area (Å²) < 4.78 is 0. The number of aliphatic hydroxyl groups is 1. The van der Waals surface area contributed by atoms with Gasteiger partial charge in [-0.15, -0.1) is 0 Å². The lowest BCUT2D eigenvalue weighted by molar-refractivity contribution is 0.144. The smallest absolute Gasteiger partial charge is 0.126 e. The molecule has 0 bridgehead atoms. The van der Waals surface area contributed by atoms with Crippen LogP contribution in [-0.4, -0.2) is 16.1 Å². The van der Waals surface area contributed by atoms with Crippen molar-refractivity contribution in [2.45, 2.75) is 32.4 Å². The molecule has 0 radical (unpaired) electrons. The van der Waals surface area contributed by atoms with Gasteiger partial charge >= 0.3 is 0 Å². The molecule has 0 spiro atoms. The summed E-state index contributed by atoms with van der Waals surface area (Å²) in [6.45, 7) is 3.79. The molecule has 4 heteroatoms. The second-order valence-corrected chi connectivity index (χ2v) is 3.49. The van der Waals surface area contributed by atoms with Gasteiger partial charge in [0, 0.05) is 17.8 Å². The van der Waals surface area contributed by atoms with Gasteiger partial charge in [0.05, 0.1) is 6.10 Å². The van der Waals surface area contributed by atoms with Crippen LogP contribution >= 0.6 is 0 Å². The van der Waals surface area contributed by atoms with Crippen molar-refractivity contribution in [1.29, 1.82) is 0 Å². The average molecular weight is 195 g/mol. The topological polar surface area (TPSA) is 85.2 Å². The van der Waals surface area contributed by atoms with Gasteiger partial charge in [-0.1, -0.05) is 6.92 Å². The summed E-state index contributed by atoms with van der Waals surface area (Å²) in [7, 11) is 0. The van der Waals surface area contributed by atoms with E-state index in [1.807, 2.05) is 19.9 Å². The number of nitrogen functional groups attached to an aromatic ring is 1. The van der Waals surface area contributed by atoms with Crippen molar-refractivity contribution in [2.75, 3.05) is 5.73 Å². The molecule has 0 saturated carbocycles. The first kappa shape index (κ1) is 10.9. The molecule has 5 N–H and O–H groups in total. The summed E-state index contributed by atoms with van der Waals surface area (Å²) in [6, 6.07) is 1.57. The summed E-state index contributed by atoms with van der Waals surface area (Å²) in [5.41, 5.74) is 12.9. The van der Waals surface area contributed by atoms with Crippen molar-refractivity contribution in [3.8, 4) is 0 Å². The highest BCUT2D eigenvalue weighted by Crippen LogP contribution is 2.19. The Labute approximate surface area is 83.9 Å². The molecule has 78 valence electrons. The SMILES string of the molecule is CCC(N)C(O)c1cnc(N)c(C)c1. The highest BCUT2D eigenvalue weighted by molar-refractivity contribution is 5.40. The van der Waals surface area contributed by atoms with Gasteiger partial charge < -0.3 is 16.6 Å². The summed E-state index contributed by atoms with van der Waals surface area (Å²) in [4.78, 5) is 3.98. The van der Waals surface area contributed by atoms with Crippen molar-refractivity contribution in [3.05, 3.63) is 23.4 Å². The molecule has 1 aromatic heterocycles. The lowest BCUT2D eigenvalue weighted by Crippen LogP contribution is -2.27. The number of hydrogen-bond acceptors (Lipinski definition) is 4. The quantitative estimate of drug-likeness (QED) is 0.664. The summed E-state index contributed by atoms with van der Waals surface area (Å²) >= 11 is 0. The largest absolute Gasteiger partial charge is 0.387 e. The zero-order valence-electron chi connectivity index (χ0n) is 8.57. The maximum absolute atomic E-state index is 9.80. The predicted octanol–water partition coefficient (Wildman–Crippen LogP) is 0.743. The first-order chi connectivity index (χ1) is 6.56. The predicted molar refractivity (Wildman–Crippen MR) is 56.6 cm³/mol.